The number of likely N-dealkylation sites (N-methyl/N-ethyl adjacent to an activating group) is 2. The van der Waals surface area contributed by atoms with E-state index < -0.39 is 77.1 Å². The zero-order valence-corrected chi connectivity index (χ0v) is 43.6. The molecule has 1 unspecified atom stereocenters. The van der Waals surface area contributed by atoms with Gasteiger partial charge >= 0.3 is 0 Å². The van der Waals surface area contributed by atoms with E-state index in [-0.39, 0.29) is 61.2 Å². The number of carbonyl (C=O) groups is 9. The lowest BCUT2D eigenvalue weighted by Crippen LogP contribution is -2.61. The van der Waals surface area contributed by atoms with Crippen LogP contribution in [0.2, 0.25) is 0 Å². The molecular formula is C49H87N11O9. The average molecular weight is 974 g/mol. The lowest BCUT2D eigenvalue weighted by Gasteiger charge is -2.44. The van der Waals surface area contributed by atoms with E-state index in [0.717, 1.165) is 70.9 Å². The Kier molecular flexibility index (Phi) is 22.4. The SMILES string of the molecule is CC(C)C[C@H](NC(=O)CNC(=O)C(C)(C)NC(=O)CNC(=O)C(CCC1CCCCC1)NC(=O)[C@@H]1CCCN1C)C(=O)NC(C)(C)C(=O)NCC(C)(C)C(=O)NCCC(=O)NC1(CN(C)C)CCC1. The first-order chi connectivity index (χ1) is 32.1. The van der Waals surface area contributed by atoms with Crippen molar-refractivity contribution in [1.82, 2.24) is 57.7 Å². The van der Waals surface area contributed by atoms with Crippen molar-refractivity contribution in [2.45, 2.75) is 180 Å². The molecular weight excluding hydrogens is 887 g/mol. The molecule has 2 aliphatic carbocycles. The summed E-state index contributed by atoms with van der Waals surface area (Å²) in [6.07, 6.45) is 11.8. The first kappa shape index (κ1) is 58.5. The lowest BCUT2D eigenvalue weighted by atomic mass is 9.76. The molecule has 392 valence electrons. The normalized spacial score (nSPS) is 18.5. The van der Waals surface area contributed by atoms with E-state index in [9.17, 15) is 43.2 Å². The summed E-state index contributed by atoms with van der Waals surface area (Å²) in [5.74, 6) is -3.99. The molecule has 1 heterocycles. The molecule has 3 rings (SSSR count). The van der Waals surface area contributed by atoms with Crippen molar-refractivity contribution in [3.63, 3.8) is 0 Å². The Hall–Kier alpha value is -4.85. The monoisotopic (exact) mass is 974 g/mol. The van der Waals surface area contributed by atoms with Gasteiger partial charge in [0.1, 0.15) is 23.2 Å². The van der Waals surface area contributed by atoms with Crippen LogP contribution in [0.3, 0.4) is 0 Å². The summed E-state index contributed by atoms with van der Waals surface area (Å²) >= 11 is 0. The number of amides is 9. The minimum atomic E-state index is -1.51. The summed E-state index contributed by atoms with van der Waals surface area (Å²) in [5.41, 5.74) is -4.25. The first-order valence-corrected chi connectivity index (χ1v) is 25.2. The molecule has 0 aromatic carbocycles. The molecule has 3 fully saturated rings. The largest absolute Gasteiger partial charge is 0.355 e. The molecule has 0 aromatic heterocycles. The van der Waals surface area contributed by atoms with Crippen LogP contribution in [0.5, 0.6) is 0 Å². The smallest absolute Gasteiger partial charge is 0.245 e. The molecule has 1 aliphatic heterocycles. The van der Waals surface area contributed by atoms with Crippen LogP contribution in [0.1, 0.15) is 145 Å². The topological polar surface area (TPSA) is 268 Å². The fraction of sp³-hybridized carbons (Fsp3) is 0.816. The van der Waals surface area contributed by atoms with E-state index in [4.69, 9.17) is 0 Å². The molecule has 20 heteroatoms. The second-order valence-corrected chi connectivity index (χ2v) is 22.2. The van der Waals surface area contributed by atoms with Gasteiger partial charge in [-0.15, -0.1) is 0 Å². The highest BCUT2D eigenvalue weighted by atomic mass is 16.2. The Balaban J connectivity index is 1.46. The van der Waals surface area contributed by atoms with Crippen LogP contribution < -0.4 is 47.9 Å². The number of rotatable bonds is 27. The van der Waals surface area contributed by atoms with Crippen molar-refractivity contribution in [1.29, 1.82) is 0 Å². The van der Waals surface area contributed by atoms with Crippen LogP contribution in [-0.2, 0) is 43.2 Å². The van der Waals surface area contributed by atoms with Gasteiger partial charge in [-0.25, -0.2) is 0 Å². The molecule has 3 aliphatic rings. The quantitative estimate of drug-likeness (QED) is 0.0554. The average Bonchev–Trinajstić information content (AvgIpc) is 3.69. The number of carbonyl (C=O) groups excluding carboxylic acids is 9. The number of nitrogens with zero attached hydrogens (tertiary/aromatic N) is 2. The van der Waals surface area contributed by atoms with Crippen LogP contribution in [0.15, 0.2) is 0 Å². The predicted molar refractivity (Wildman–Crippen MR) is 263 cm³/mol. The van der Waals surface area contributed by atoms with Crippen LogP contribution >= 0.6 is 0 Å². The Morgan fingerprint density at radius 3 is 1.87 bits per heavy atom. The summed E-state index contributed by atoms with van der Waals surface area (Å²) in [7, 11) is 5.82. The molecule has 1 saturated heterocycles. The van der Waals surface area contributed by atoms with E-state index in [2.05, 4.69) is 47.9 Å². The third kappa shape index (κ3) is 19.5. The third-order valence-corrected chi connectivity index (χ3v) is 13.5. The zero-order chi connectivity index (χ0) is 51.7. The molecule has 9 N–H and O–H groups in total. The maximum absolute atomic E-state index is 13.6. The molecule has 69 heavy (non-hydrogen) atoms. The number of hydrogen-bond donors (Lipinski definition) is 9. The minimum absolute atomic E-state index is 0.0533. The van der Waals surface area contributed by atoms with Gasteiger partial charge in [0, 0.05) is 26.1 Å². The Bertz CT molecular complexity index is 1810. The summed E-state index contributed by atoms with van der Waals surface area (Å²) in [4.78, 5) is 123. The fourth-order valence-corrected chi connectivity index (χ4v) is 9.20. The molecule has 2 saturated carbocycles. The van der Waals surface area contributed by atoms with E-state index in [1.807, 2.05) is 44.8 Å². The van der Waals surface area contributed by atoms with Crippen LogP contribution in [0.25, 0.3) is 0 Å². The Labute approximate surface area is 410 Å². The van der Waals surface area contributed by atoms with Gasteiger partial charge in [0.05, 0.1) is 30.1 Å². The van der Waals surface area contributed by atoms with Crippen molar-refractivity contribution in [3.8, 4) is 0 Å². The van der Waals surface area contributed by atoms with Crippen molar-refractivity contribution in [2.75, 3.05) is 60.4 Å². The summed E-state index contributed by atoms with van der Waals surface area (Å²) in [6.45, 7) is 13.6. The lowest BCUT2D eigenvalue weighted by molar-refractivity contribution is -0.136. The summed E-state index contributed by atoms with van der Waals surface area (Å²) in [6, 6.07) is -2.20. The van der Waals surface area contributed by atoms with Gasteiger partial charge in [-0.2, -0.15) is 0 Å². The summed E-state index contributed by atoms with van der Waals surface area (Å²) in [5, 5.41) is 24.7. The molecule has 3 atom stereocenters. The zero-order valence-electron chi connectivity index (χ0n) is 43.6. The second-order valence-electron chi connectivity index (χ2n) is 22.2. The predicted octanol–water partition coefficient (Wildman–Crippen LogP) is 0.728. The van der Waals surface area contributed by atoms with Crippen LogP contribution in [-0.4, -0.2) is 158 Å². The number of nitrogens with one attached hydrogen (secondary N) is 9. The van der Waals surface area contributed by atoms with Gasteiger partial charge in [-0.3, -0.25) is 48.1 Å². The van der Waals surface area contributed by atoms with Gasteiger partial charge in [-0.1, -0.05) is 46.0 Å². The van der Waals surface area contributed by atoms with Crippen LogP contribution in [0.4, 0.5) is 0 Å². The maximum Gasteiger partial charge on any atom is 0.245 e. The molecule has 0 bridgehead atoms. The molecule has 0 aromatic rings. The highest BCUT2D eigenvalue weighted by Crippen LogP contribution is 2.32. The standard InChI is InChI=1S/C49H87N11O9/c1-32(2)27-35(41(65)58-48(7,8)45(69)53-30-46(3,4)43(67)50-25-22-37(61)57-49(23-16-24-49)31-59(9)10)54-38(62)28-52-44(68)47(5,6)56-39(63)29-51-40(64)34(21-20-33-17-13-12-14-18-33)55-42(66)36-19-15-26-60(36)11/h32-36H,12-31H2,1-11H3,(H,50,67)(H,51,64)(H,52,68)(H,53,69)(H,54,62)(H,55,66)(H,56,63)(H,57,61)(H,58,65)/t34?,35-,36-/m0/s1. The van der Waals surface area contributed by atoms with Crippen molar-refractivity contribution < 1.29 is 43.2 Å². The van der Waals surface area contributed by atoms with E-state index in [0.29, 0.717) is 18.8 Å². The third-order valence-electron chi connectivity index (χ3n) is 13.5. The maximum atomic E-state index is 13.6. The molecule has 0 radical (unpaired) electrons. The first-order valence-electron chi connectivity index (χ1n) is 25.2. The van der Waals surface area contributed by atoms with Gasteiger partial charge in [0.15, 0.2) is 0 Å². The van der Waals surface area contributed by atoms with E-state index in [1.165, 1.54) is 34.1 Å². The molecule has 0 spiro atoms. The second kappa shape index (κ2) is 26.4. The molecule has 20 nitrogen and oxygen atoms in total. The van der Waals surface area contributed by atoms with Gasteiger partial charge in [0.25, 0.3) is 0 Å². The number of likely N-dealkylation sites (tertiary alicyclic amines) is 1. The van der Waals surface area contributed by atoms with E-state index >= 15 is 0 Å². The Morgan fingerprint density at radius 2 is 1.29 bits per heavy atom. The van der Waals surface area contributed by atoms with Gasteiger partial charge in [-0.05, 0) is 132 Å². The van der Waals surface area contributed by atoms with Gasteiger partial charge < -0.3 is 52.8 Å². The summed E-state index contributed by atoms with van der Waals surface area (Å²) < 4.78 is 0. The van der Waals surface area contributed by atoms with Crippen molar-refractivity contribution in [2.24, 2.45) is 17.3 Å². The van der Waals surface area contributed by atoms with E-state index in [1.54, 1.807) is 13.8 Å². The Morgan fingerprint density at radius 1 is 0.667 bits per heavy atom. The van der Waals surface area contributed by atoms with Crippen LogP contribution in [0, 0.1) is 17.3 Å². The van der Waals surface area contributed by atoms with Gasteiger partial charge in [0.2, 0.25) is 53.2 Å². The fourth-order valence-electron chi connectivity index (χ4n) is 9.20. The highest BCUT2D eigenvalue weighted by Gasteiger charge is 2.40. The number of hydrogen-bond acceptors (Lipinski definition) is 11. The van der Waals surface area contributed by atoms with Crippen molar-refractivity contribution >= 4 is 53.2 Å². The van der Waals surface area contributed by atoms with Crippen molar-refractivity contribution in [3.05, 3.63) is 0 Å². The molecule has 9 amide bonds. The minimum Gasteiger partial charge on any atom is -0.355 e. The highest BCUT2D eigenvalue weighted by molar-refractivity contribution is 5.97.